The topological polar surface area (TPSA) is 0 Å². The molecule has 11 heavy (non-hydrogen) atoms. The Labute approximate surface area is 81.7 Å². The van der Waals surface area contributed by atoms with Crippen molar-refractivity contribution in [2.45, 2.75) is 23.2 Å². The maximum atomic E-state index is 2.30. The van der Waals surface area contributed by atoms with Gasteiger partial charge in [-0.25, -0.2) is 0 Å². The quantitative estimate of drug-likeness (QED) is 0.680. The molecule has 0 aromatic carbocycles. The van der Waals surface area contributed by atoms with Crippen LogP contribution in [0.3, 0.4) is 0 Å². The van der Waals surface area contributed by atoms with Gasteiger partial charge in [0.2, 0.25) is 0 Å². The molecule has 0 unspecified atom stereocenters. The van der Waals surface area contributed by atoms with Crippen molar-refractivity contribution in [1.82, 2.24) is 0 Å². The van der Waals surface area contributed by atoms with Crippen LogP contribution in [0.2, 0.25) is 0 Å². The van der Waals surface area contributed by atoms with Crippen LogP contribution in [0.4, 0.5) is 0 Å². The predicted octanol–water partition coefficient (Wildman–Crippen LogP) is 3.28. The van der Waals surface area contributed by atoms with Gasteiger partial charge in [0.05, 0.1) is 0 Å². The lowest BCUT2D eigenvalue weighted by atomic mass is 10.3. The minimum atomic E-state index is 0.587. The summed E-state index contributed by atoms with van der Waals surface area (Å²) in [5.41, 5.74) is 0. The van der Waals surface area contributed by atoms with Crippen molar-refractivity contribution in [3.8, 4) is 0 Å². The van der Waals surface area contributed by atoms with Gasteiger partial charge in [0, 0.05) is 0 Å². The summed E-state index contributed by atoms with van der Waals surface area (Å²) in [5.74, 6) is 5.31. The van der Waals surface area contributed by atoms with Crippen LogP contribution in [-0.2, 0) is 0 Å². The van der Waals surface area contributed by atoms with Crippen molar-refractivity contribution in [3.63, 3.8) is 0 Å². The van der Waals surface area contributed by atoms with E-state index < -0.39 is 0 Å². The zero-order valence-electron chi connectivity index (χ0n) is 6.84. The summed E-state index contributed by atoms with van der Waals surface area (Å²) in [5, 5.41) is 0. The molecule has 0 spiro atoms. The SMILES string of the molecule is CCCC12SCC(CS1)CS2. The molecule has 0 radical (unpaired) electrons. The Bertz CT molecular complexity index is 118. The van der Waals surface area contributed by atoms with E-state index in [-0.39, 0.29) is 0 Å². The average Bonchev–Trinajstić information content (AvgIpc) is 2.07. The molecule has 0 atom stereocenters. The van der Waals surface area contributed by atoms with Crippen LogP contribution >= 0.6 is 35.3 Å². The molecule has 3 aliphatic rings. The molecular weight excluding hydrogens is 192 g/mol. The molecule has 3 rings (SSSR count). The minimum Gasteiger partial charge on any atom is -0.133 e. The molecule has 0 N–H and O–H groups in total. The van der Waals surface area contributed by atoms with Crippen LogP contribution in [0.15, 0.2) is 0 Å². The third-order valence-corrected chi connectivity index (χ3v) is 8.14. The van der Waals surface area contributed by atoms with Gasteiger partial charge in [-0.15, -0.1) is 35.3 Å². The van der Waals surface area contributed by atoms with Gasteiger partial charge < -0.3 is 0 Å². The number of hydrogen-bond donors (Lipinski definition) is 0. The van der Waals surface area contributed by atoms with E-state index in [9.17, 15) is 0 Å². The summed E-state index contributed by atoms with van der Waals surface area (Å²) in [6.07, 6.45) is 2.75. The highest BCUT2D eigenvalue weighted by atomic mass is 32.3. The third-order valence-electron chi connectivity index (χ3n) is 2.17. The van der Waals surface area contributed by atoms with Gasteiger partial charge in [0.1, 0.15) is 3.41 Å². The van der Waals surface area contributed by atoms with E-state index in [1.807, 2.05) is 0 Å². The van der Waals surface area contributed by atoms with E-state index in [1.165, 1.54) is 30.1 Å². The highest BCUT2D eigenvalue weighted by Crippen LogP contribution is 2.59. The molecule has 0 aliphatic carbocycles. The van der Waals surface area contributed by atoms with Crippen LogP contribution in [-0.4, -0.2) is 20.7 Å². The van der Waals surface area contributed by atoms with Gasteiger partial charge in [-0.3, -0.25) is 0 Å². The van der Waals surface area contributed by atoms with Crippen molar-refractivity contribution in [1.29, 1.82) is 0 Å². The Morgan fingerprint density at radius 2 is 1.73 bits per heavy atom. The molecule has 3 heteroatoms. The monoisotopic (exact) mass is 206 g/mol. The molecule has 3 aliphatic heterocycles. The van der Waals surface area contributed by atoms with Gasteiger partial charge in [-0.05, 0) is 29.6 Å². The molecule has 0 aromatic heterocycles. The lowest BCUT2D eigenvalue weighted by molar-refractivity contribution is 0.727. The van der Waals surface area contributed by atoms with Gasteiger partial charge in [-0.1, -0.05) is 13.3 Å². The first-order chi connectivity index (χ1) is 5.35. The predicted molar refractivity (Wildman–Crippen MR) is 58.5 cm³/mol. The highest BCUT2D eigenvalue weighted by molar-refractivity contribution is 8.34. The molecule has 64 valence electrons. The maximum absolute atomic E-state index is 2.30. The molecular formula is C8H14S3. The molecule has 3 heterocycles. The highest BCUT2D eigenvalue weighted by Gasteiger charge is 2.41. The van der Waals surface area contributed by atoms with E-state index >= 15 is 0 Å². The second-order valence-corrected chi connectivity index (χ2v) is 7.96. The van der Waals surface area contributed by atoms with Gasteiger partial charge >= 0.3 is 0 Å². The molecule has 0 nitrogen and oxygen atoms in total. The minimum absolute atomic E-state index is 0.587. The molecule has 3 fully saturated rings. The second-order valence-electron chi connectivity index (χ2n) is 3.23. The van der Waals surface area contributed by atoms with Gasteiger partial charge in [0.15, 0.2) is 0 Å². The Kier molecular flexibility index (Phi) is 2.69. The van der Waals surface area contributed by atoms with E-state index in [1.54, 1.807) is 0 Å². The van der Waals surface area contributed by atoms with Crippen molar-refractivity contribution in [2.24, 2.45) is 5.92 Å². The summed E-state index contributed by atoms with van der Waals surface area (Å²) >= 11 is 6.63. The summed E-state index contributed by atoms with van der Waals surface area (Å²) < 4.78 is 0.587. The maximum Gasteiger partial charge on any atom is 0.107 e. The van der Waals surface area contributed by atoms with E-state index in [0.29, 0.717) is 3.41 Å². The third kappa shape index (κ3) is 1.70. The fourth-order valence-electron chi connectivity index (χ4n) is 1.53. The fourth-order valence-corrected chi connectivity index (χ4v) is 7.42. The molecule has 0 saturated carbocycles. The zero-order valence-corrected chi connectivity index (χ0v) is 9.29. The second kappa shape index (κ2) is 3.43. The Morgan fingerprint density at radius 1 is 1.18 bits per heavy atom. The van der Waals surface area contributed by atoms with Crippen LogP contribution in [0.25, 0.3) is 0 Å². The number of fused-ring (bicyclic) bond motifs is 3. The summed E-state index contributed by atoms with van der Waals surface area (Å²) in [4.78, 5) is 0. The van der Waals surface area contributed by atoms with Crippen LogP contribution in [0.5, 0.6) is 0 Å². The molecule has 3 saturated heterocycles. The average molecular weight is 206 g/mol. The smallest absolute Gasteiger partial charge is 0.107 e. The van der Waals surface area contributed by atoms with Crippen molar-refractivity contribution < 1.29 is 0 Å². The van der Waals surface area contributed by atoms with E-state index in [0.717, 1.165) is 5.92 Å². The normalized spacial score (nSPS) is 42.8. The van der Waals surface area contributed by atoms with E-state index in [2.05, 4.69) is 42.2 Å². The van der Waals surface area contributed by atoms with Crippen LogP contribution < -0.4 is 0 Å². The number of thioether (sulfide) groups is 3. The number of rotatable bonds is 2. The van der Waals surface area contributed by atoms with E-state index in [4.69, 9.17) is 0 Å². The summed E-state index contributed by atoms with van der Waals surface area (Å²) in [6, 6.07) is 0. The molecule has 2 bridgehead atoms. The van der Waals surface area contributed by atoms with Gasteiger partial charge in [0.25, 0.3) is 0 Å². The lowest BCUT2D eigenvalue weighted by Gasteiger charge is -2.44. The van der Waals surface area contributed by atoms with Crippen LogP contribution in [0, 0.1) is 5.92 Å². The first kappa shape index (κ1) is 8.64. The zero-order chi connectivity index (χ0) is 7.73. The summed E-state index contributed by atoms with van der Waals surface area (Å²) in [7, 11) is 0. The van der Waals surface area contributed by atoms with Crippen molar-refractivity contribution >= 4 is 35.3 Å². The fraction of sp³-hybridized carbons (Fsp3) is 1.00. The largest absolute Gasteiger partial charge is 0.133 e. The van der Waals surface area contributed by atoms with Crippen molar-refractivity contribution in [2.75, 3.05) is 17.3 Å². The van der Waals surface area contributed by atoms with Crippen LogP contribution in [0.1, 0.15) is 19.8 Å². The van der Waals surface area contributed by atoms with Gasteiger partial charge in [-0.2, -0.15) is 0 Å². The molecule has 0 aromatic rings. The Hall–Kier alpha value is 1.05. The first-order valence-electron chi connectivity index (χ1n) is 4.26. The lowest BCUT2D eigenvalue weighted by Crippen LogP contribution is -2.34. The Balaban J connectivity index is 2.00. The first-order valence-corrected chi connectivity index (χ1v) is 7.22. The summed E-state index contributed by atoms with van der Waals surface area (Å²) in [6.45, 7) is 2.30. The Morgan fingerprint density at radius 3 is 2.18 bits per heavy atom. The standard InChI is InChI=1S/C8H14S3/c1-2-3-8-9-4-7(5-10-8)6-11-8/h7H,2-6H2,1H3. The number of hydrogen-bond acceptors (Lipinski definition) is 3. The molecule has 0 amide bonds. The van der Waals surface area contributed by atoms with Crippen molar-refractivity contribution in [3.05, 3.63) is 0 Å².